The molecule has 0 aromatic heterocycles. The molecule has 1 N–H and O–H groups in total. The molecule has 0 amide bonds. The van der Waals surface area contributed by atoms with Crippen LogP contribution in [0.2, 0.25) is 0 Å². The highest BCUT2D eigenvalue weighted by Crippen LogP contribution is 2.09. The molecule has 0 aromatic carbocycles. The topological polar surface area (TPSA) is 54.4 Å². The van der Waals surface area contributed by atoms with E-state index >= 15 is 0 Å². The molecular formula is C10H16O3S. The summed E-state index contributed by atoms with van der Waals surface area (Å²) in [7, 11) is 0. The van der Waals surface area contributed by atoms with Crippen LogP contribution in [0.5, 0.6) is 0 Å². The van der Waals surface area contributed by atoms with Gasteiger partial charge < -0.3 is 5.11 Å². The van der Waals surface area contributed by atoms with E-state index in [0.29, 0.717) is 0 Å². The summed E-state index contributed by atoms with van der Waals surface area (Å²) in [5.41, 5.74) is 0. The Labute approximate surface area is 88.6 Å². The minimum absolute atomic E-state index is 0.00976. The second kappa shape index (κ2) is 8.81. The maximum Gasteiger partial charge on any atom is 0.303 e. The lowest BCUT2D eigenvalue weighted by Crippen LogP contribution is -1.94. The van der Waals surface area contributed by atoms with Gasteiger partial charge in [0.2, 0.25) is 5.12 Å². The van der Waals surface area contributed by atoms with E-state index in [9.17, 15) is 9.59 Å². The van der Waals surface area contributed by atoms with Gasteiger partial charge in [0.05, 0.1) is 0 Å². The first-order valence-electron chi connectivity index (χ1n) is 4.68. The van der Waals surface area contributed by atoms with Crippen LogP contribution in [0.15, 0.2) is 12.7 Å². The van der Waals surface area contributed by atoms with Crippen LogP contribution in [0, 0.1) is 0 Å². The number of thioether (sulfide) groups is 1. The Morgan fingerprint density at radius 3 is 2.43 bits per heavy atom. The fourth-order valence-corrected chi connectivity index (χ4v) is 1.63. The molecule has 0 atom stereocenters. The third-order valence-corrected chi connectivity index (χ3v) is 2.64. The van der Waals surface area contributed by atoms with Crippen molar-refractivity contribution in [3.63, 3.8) is 0 Å². The van der Waals surface area contributed by atoms with Gasteiger partial charge in [-0.1, -0.05) is 31.2 Å². The van der Waals surface area contributed by atoms with Crippen molar-refractivity contribution in [1.29, 1.82) is 0 Å². The van der Waals surface area contributed by atoms with Gasteiger partial charge in [0.15, 0.2) is 0 Å². The second-order valence-electron chi connectivity index (χ2n) is 2.93. The molecule has 0 fully saturated rings. The number of carboxylic acids is 1. The Hall–Kier alpha value is -0.770. The largest absolute Gasteiger partial charge is 0.481 e. The lowest BCUT2D eigenvalue weighted by molar-refractivity contribution is -0.137. The molecule has 0 rings (SSSR count). The van der Waals surface area contributed by atoms with Crippen LogP contribution in [0.25, 0.3) is 0 Å². The molecule has 14 heavy (non-hydrogen) atoms. The molecule has 0 spiro atoms. The van der Waals surface area contributed by atoms with E-state index < -0.39 is 5.97 Å². The number of carboxylic acid groups (broad SMARTS) is 1. The Morgan fingerprint density at radius 1 is 1.21 bits per heavy atom. The molecule has 0 saturated heterocycles. The molecule has 0 aliphatic rings. The molecule has 0 heterocycles. The number of hydrogen-bond acceptors (Lipinski definition) is 3. The summed E-state index contributed by atoms with van der Waals surface area (Å²) in [6, 6.07) is 0. The quantitative estimate of drug-likeness (QED) is 0.500. The van der Waals surface area contributed by atoms with Gasteiger partial charge in [-0.15, -0.1) is 0 Å². The van der Waals surface area contributed by atoms with Gasteiger partial charge in [-0.25, -0.2) is 0 Å². The first kappa shape index (κ1) is 13.2. The predicted octanol–water partition coefficient (Wildman–Crippen LogP) is 2.47. The number of carbonyl (C=O) groups is 2. The van der Waals surface area contributed by atoms with Crippen molar-refractivity contribution >= 4 is 22.8 Å². The zero-order valence-electron chi connectivity index (χ0n) is 8.20. The highest BCUT2D eigenvalue weighted by molar-refractivity contribution is 8.14. The zero-order valence-corrected chi connectivity index (χ0v) is 9.02. The third kappa shape index (κ3) is 9.32. The Kier molecular flexibility index (Phi) is 8.33. The van der Waals surface area contributed by atoms with Crippen molar-refractivity contribution in [2.24, 2.45) is 0 Å². The molecule has 0 aromatic rings. The van der Waals surface area contributed by atoms with E-state index in [0.717, 1.165) is 31.4 Å². The van der Waals surface area contributed by atoms with Gasteiger partial charge >= 0.3 is 5.97 Å². The molecule has 0 saturated carbocycles. The number of rotatable bonds is 8. The molecule has 0 aliphatic carbocycles. The van der Waals surface area contributed by atoms with E-state index in [-0.39, 0.29) is 11.5 Å². The second-order valence-corrected chi connectivity index (χ2v) is 4.03. The van der Waals surface area contributed by atoms with Crippen LogP contribution in [-0.4, -0.2) is 21.9 Å². The van der Waals surface area contributed by atoms with Gasteiger partial charge in [0, 0.05) is 12.2 Å². The lowest BCUT2D eigenvalue weighted by atomic mass is 10.2. The minimum Gasteiger partial charge on any atom is -0.481 e. The summed E-state index contributed by atoms with van der Waals surface area (Å²) in [5, 5.41) is 8.37. The predicted molar refractivity (Wildman–Crippen MR) is 58.4 cm³/mol. The van der Waals surface area contributed by atoms with E-state index in [4.69, 9.17) is 5.11 Å². The first-order valence-corrected chi connectivity index (χ1v) is 5.66. The van der Waals surface area contributed by atoms with Crippen molar-refractivity contribution in [2.75, 3.05) is 5.75 Å². The molecular weight excluding hydrogens is 200 g/mol. The van der Waals surface area contributed by atoms with Crippen LogP contribution in [0.4, 0.5) is 0 Å². The molecule has 4 heteroatoms. The van der Waals surface area contributed by atoms with Gasteiger partial charge in [0.1, 0.15) is 0 Å². The normalized spacial score (nSPS) is 9.71. The molecule has 0 aliphatic heterocycles. The first-order chi connectivity index (χ1) is 6.66. The summed E-state index contributed by atoms with van der Waals surface area (Å²) >= 11 is 1.27. The Bertz CT molecular complexity index is 202. The van der Waals surface area contributed by atoms with Crippen molar-refractivity contribution in [3.8, 4) is 0 Å². The molecule has 3 nitrogen and oxygen atoms in total. The highest BCUT2D eigenvalue weighted by atomic mass is 32.2. The molecule has 0 bridgehead atoms. The SMILES string of the molecule is C=CC(=O)SCCCCCCC(=O)O. The van der Waals surface area contributed by atoms with Gasteiger partial charge in [-0.3, -0.25) is 9.59 Å². The Balaban J connectivity index is 3.10. The van der Waals surface area contributed by atoms with Crippen molar-refractivity contribution < 1.29 is 14.7 Å². The standard InChI is InChI=1S/C10H16O3S/c1-2-10(13)14-8-6-4-3-5-7-9(11)12/h2H,1,3-8H2,(H,11,12). The van der Waals surface area contributed by atoms with Gasteiger partial charge in [-0.2, -0.15) is 0 Å². The summed E-state index contributed by atoms with van der Waals surface area (Å²) in [6.45, 7) is 3.37. The maximum atomic E-state index is 10.8. The van der Waals surface area contributed by atoms with Crippen LogP contribution in [0.1, 0.15) is 32.1 Å². The van der Waals surface area contributed by atoms with Crippen LogP contribution < -0.4 is 0 Å². The Morgan fingerprint density at radius 2 is 1.86 bits per heavy atom. The molecule has 0 radical (unpaired) electrons. The minimum atomic E-state index is -0.735. The average molecular weight is 216 g/mol. The average Bonchev–Trinajstić information content (AvgIpc) is 2.15. The maximum absolute atomic E-state index is 10.8. The lowest BCUT2D eigenvalue weighted by Gasteiger charge is -1.98. The van der Waals surface area contributed by atoms with Gasteiger partial charge in [0.25, 0.3) is 0 Å². The van der Waals surface area contributed by atoms with Crippen molar-refractivity contribution in [1.82, 2.24) is 0 Å². The highest BCUT2D eigenvalue weighted by Gasteiger charge is 1.98. The fraction of sp³-hybridized carbons (Fsp3) is 0.600. The van der Waals surface area contributed by atoms with Crippen molar-refractivity contribution in [2.45, 2.75) is 32.1 Å². The van der Waals surface area contributed by atoms with E-state index in [1.165, 1.54) is 17.8 Å². The monoisotopic (exact) mass is 216 g/mol. The van der Waals surface area contributed by atoms with Gasteiger partial charge in [-0.05, 0) is 18.9 Å². The molecule has 80 valence electrons. The number of hydrogen-bond donors (Lipinski definition) is 1. The fourth-order valence-electron chi connectivity index (χ4n) is 0.964. The molecule has 0 unspecified atom stereocenters. The summed E-state index contributed by atoms with van der Waals surface area (Å²) in [4.78, 5) is 20.9. The van der Waals surface area contributed by atoms with Crippen molar-refractivity contribution in [3.05, 3.63) is 12.7 Å². The van der Waals surface area contributed by atoms with Crippen LogP contribution in [-0.2, 0) is 9.59 Å². The zero-order chi connectivity index (χ0) is 10.8. The van der Waals surface area contributed by atoms with E-state index in [1.54, 1.807) is 0 Å². The van der Waals surface area contributed by atoms with E-state index in [2.05, 4.69) is 6.58 Å². The smallest absolute Gasteiger partial charge is 0.303 e. The number of unbranched alkanes of at least 4 members (excludes halogenated alkanes) is 3. The summed E-state index contributed by atoms with van der Waals surface area (Å²) in [5.74, 6) is 0.0685. The van der Waals surface area contributed by atoms with Crippen LogP contribution in [0.3, 0.4) is 0 Å². The van der Waals surface area contributed by atoms with E-state index in [1.807, 2.05) is 0 Å². The summed E-state index contributed by atoms with van der Waals surface area (Å²) < 4.78 is 0. The van der Waals surface area contributed by atoms with Crippen LogP contribution >= 0.6 is 11.8 Å². The number of carbonyl (C=O) groups excluding carboxylic acids is 1. The number of aliphatic carboxylic acids is 1. The summed E-state index contributed by atoms with van der Waals surface area (Å²) in [6.07, 6.45) is 5.17. The third-order valence-electron chi connectivity index (χ3n) is 1.70.